The molecule has 98 valence electrons. The van der Waals surface area contributed by atoms with Gasteiger partial charge in [0.2, 0.25) is 0 Å². The molecule has 3 heteroatoms. The third kappa shape index (κ3) is 2.66. The Kier molecular flexibility index (Phi) is 3.56. The van der Waals surface area contributed by atoms with Crippen molar-refractivity contribution in [3.05, 3.63) is 58.2 Å². The van der Waals surface area contributed by atoms with E-state index in [1.807, 2.05) is 6.20 Å². The number of pyridine rings is 1. The summed E-state index contributed by atoms with van der Waals surface area (Å²) in [5.41, 5.74) is 2.63. The predicted molar refractivity (Wildman–Crippen MR) is 82.7 cm³/mol. The largest absolute Gasteiger partial charge is 0.355 e. The number of halogens is 1. The van der Waals surface area contributed by atoms with Gasteiger partial charge in [0.05, 0.1) is 4.47 Å². The van der Waals surface area contributed by atoms with Crippen LogP contribution in [0.5, 0.6) is 0 Å². The third-order valence-electron chi connectivity index (χ3n) is 3.72. The summed E-state index contributed by atoms with van der Waals surface area (Å²) < 4.78 is 1.10. The highest BCUT2D eigenvalue weighted by Crippen LogP contribution is 2.33. The standard InChI is InChI=1S/C16H17BrN2/c1-12-9-15(17)16(18-10-12)19-8-7-14(11-19)13-5-3-2-4-6-13/h2-6,9-10,14H,7-8,11H2,1H3. The Bertz CT molecular complexity index is 568. The van der Waals surface area contributed by atoms with Crippen molar-refractivity contribution in [2.45, 2.75) is 19.3 Å². The minimum Gasteiger partial charge on any atom is -0.355 e. The minimum absolute atomic E-state index is 0.621. The first-order chi connectivity index (χ1) is 9.24. The highest BCUT2D eigenvalue weighted by molar-refractivity contribution is 9.10. The summed E-state index contributed by atoms with van der Waals surface area (Å²) in [7, 11) is 0. The molecule has 1 aromatic heterocycles. The molecule has 1 aliphatic heterocycles. The van der Waals surface area contributed by atoms with Gasteiger partial charge in [-0.3, -0.25) is 0 Å². The zero-order chi connectivity index (χ0) is 13.2. The first-order valence-corrected chi connectivity index (χ1v) is 7.45. The monoisotopic (exact) mass is 316 g/mol. The molecule has 1 saturated heterocycles. The average molecular weight is 317 g/mol. The van der Waals surface area contributed by atoms with Crippen molar-refractivity contribution in [2.75, 3.05) is 18.0 Å². The molecule has 1 aromatic carbocycles. The fraction of sp³-hybridized carbons (Fsp3) is 0.312. The van der Waals surface area contributed by atoms with Gasteiger partial charge in [0.15, 0.2) is 0 Å². The molecular weight excluding hydrogens is 300 g/mol. The average Bonchev–Trinajstić information content (AvgIpc) is 2.89. The molecule has 3 rings (SSSR count). The van der Waals surface area contributed by atoms with Crippen molar-refractivity contribution < 1.29 is 0 Å². The van der Waals surface area contributed by atoms with Crippen molar-refractivity contribution in [1.82, 2.24) is 4.98 Å². The van der Waals surface area contributed by atoms with Crippen LogP contribution in [0, 0.1) is 6.92 Å². The van der Waals surface area contributed by atoms with E-state index in [2.05, 4.69) is 69.1 Å². The van der Waals surface area contributed by atoms with Gasteiger partial charge in [-0.25, -0.2) is 4.98 Å². The molecule has 0 saturated carbocycles. The Morgan fingerprint density at radius 2 is 2.05 bits per heavy atom. The van der Waals surface area contributed by atoms with Crippen LogP contribution in [-0.4, -0.2) is 18.1 Å². The second kappa shape index (κ2) is 5.33. The molecule has 0 spiro atoms. The van der Waals surface area contributed by atoms with Gasteiger partial charge in [-0.2, -0.15) is 0 Å². The van der Waals surface area contributed by atoms with E-state index in [9.17, 15) is 0 Å². The van der Waals surface area contributed by atoms with E-state index in [4.69, 9.17) is 0 Å². The zero-order valence-electron chi connectivity index (χ0n) is 11.0. The molecule has 2 nitrogen and oxygen atoms in total. The molecular formula is C16H17BrN2. The second-order valence-electron chi connectivity index (χ2n) is 5.16. The maximum atomic E-state index is 4.57. The summed E-state index contributed by atoms with van der Waals surface area (Å²) in [6.07, 6.45) is 3.14. The molecule has 0 radical (unpaired) electrons. The van der Waals surface area contributed by atoms with Crippen LogP contribution >= 0.6 is 15.9 Å². The first-order valence-electron chi connectivity index (χ1n) is 6.66. The van der Waals surface area contributed by atoms with Crippen LogP contribution in [0.4, 0.5) is 5.82 Å². The number of hydrogen-bond donors (Lipinski definition) is 0. The molecule has 2 aromatic rings. The normalized spacial score (nSPS) is 18.8. The molecule has 2 heterocycles. The highest BCUT2D eigenvalue weighted by Gasteiger charge is 2.25. The lowest BCUT2D eigenvalue weighted by Gasteiger charge is -2.19. The SMILES string of the molecule is Cc1cnc(N2CCC(c3ccccc3)C2)c(Br)c1. The summed E-state index contributed by atoms with van der Waals surface area (Å²) in [5, 5.41) is 0. The lowest BCUT2D eigenvalue weighted by atomic mass is 9.99. The van der Waals surface area contributed by atoms with Gasteiger partial charge < -0.3 is 4.90 Å². The predicted octanol–water partition coefficient (Wildman–Crippen LogP) is 4.15. The van der Waals surface area contributed by atoms with Gasteiger partial charge >= 0.3 is 0 Å². The molecule has 19 heavy (non-hydrogen) atoms. The number of anilines is 1. The summed E-state index contributed by atoms with van der Waals surface area (Å²) in [6.45, 7) is 4.20. The fourth-order valence-electron chi connectivity index (χ4n) is 2.71. The Hall–Kier alpha value is -1.35. The number of benzene rings is 1. The van der Waals surface area contributed by atoms with Crippen molar-refractivity contribution in [1.29, 1.82) is 0 Å². The molecule has 0 amide bonds. The van der Waals surface area contributed by atoms with Crippen molar-refractivity contribution in [3.8, 4) is 0 Å². The minimum atomic E-state index is 0.621. The summed E-state index contributed by atoms with van der Waals surface area (Å²) in [5.74, 6) is 1.69. The second-order valence-corrected chi connectivity index (χ2v) is 6.01. The Morgan fingerprint density at radius 3 is 2.79 bits per heavy atom. The number of aryl methyl sites for hydroxylation is 1. The highest BCUT2D eigenvalue weighted by atomic mass is 79.9. The van der Waals surface area contributed by atoms with E-state index in [0.717, 1.165) is 23.4 Å². The number of hydrogen-bond acceptors (Lipinski definition) is 2. The molecule has 1 unspecified atom stereocenters. The van der Waals surface area contributed by atoms with Crippen LogP contribution in [0.25, 0.3) is 0 Å². The molecule has 1 atom stereocenters. The summed E-state index contributed by atoms with van der Waals surface area (Å²) in [6, 6.07) is 12.9. The first kappa shape index (κ1) is 12.7. The van der Waals surface area contributed by atoms with Crippen LogP contribution in [0.3, 0.4) is 0 Å². The van der Waals surface area contributed by atoms with E-state index in [0.29, 0.717) is 5.92 Å². The van der Waals surface area contributed by atoms with E-state index in [1.54, 1.807) is 0 Å². The van der Waals surface area contributed by atoms with Crippen molar-refractivity contribution >= 4 is 21.7 Å². The van der Waals surface area contributed by atoms with Crippen LogP contribution in [-0.2, 0) is 0 Å². The Morgan fingerprint density at radius 1 is 1.26 bits per heavy atom. The quantitative estimate of drug-likeness (QED) is 0.827. The van der Waals surface area contributed by atoms with Crippen LogP contribution in [0.15, 0.2) is 47.1 Å². The zero-order valence-corrected chi connectivity index (χ0v) is 12.6. The van der Waals surface area contributed by atoms with Crippen molar-refractivity contribution in [2.24, 2.45) is 0 Å². The molecule has 0 N–H and O–H groups in total. The van der Waals surface area contributed by atoms with E-state index in [1.165, 1.54) is 17.5 Å². The molecule has 1 aliphatic rings. The van der Waals surface area contributed by atoms with Gasteiger partial charge in [-0.1, -0.05) is 30.3 Å². The van der Waals surface area contributed by atoms with Crippen molar-refractivity contribution in [3.63, 3.8) is 0 Å². The molecule has 1 fully saturated rings. The fourth-order valence-corrected chi connectivity index (χ4v) is 3.42. The number of rotatable bonds is 2. The van der Waals surface area contributed by atoms with Crippen LogP contribution in [0.2, 0.25) is 0 Å². The number of aromatic nitrogens is 1. The summed E-state index contributed by atoms with van der Waals surface area (Å²) in [4.78, 5) is 6.94. The van der Waals surface area contributed by atoms with Gasteiger partial charge in [0.25, 0.3) is 0 Å². The van der Waals surface area contributed by atoms with E-state index < -0.39 is 0 Å². The Labute approximate surface area is 122 Å². The smallest absolute Gasteiger partial charge is 0.142 e. The lowest BCUT2D eigenvalue weighted by Crippen LogP contribution is -2.20. The molecule has 0 bridgehead atoms. The number of nitrogens with zero attached hydrogens (tertiary/aromatic N) is 2. The topological polar surface area (TPSA) is 16.1 Å². The van der Waals surface area contributed by atoms with E-state index >= 15 is 0 Å². The van der Waals surface area contributed by atoms with Gasteiger partial charge in [-0.15, -0.1) is 0 Å². The van der Waals surface area contributed by atoms with E-state index in [-0.39, 0.29) is 0 Å². The van der Waals surface area contributed by atoms with Crippen LogP contribution in [0.1, 0.15) is 23.5 Å². The third-order valence-corrected chi connectivity index (χ3v) is 4.30. The lowest BCUT2D eigenvalue weighted by molar-refractivity contribution is 0.774. The Balaban J connectivity index is 1.79. The van der Waals surface area contributed by atoms with Crippen LogP contribution < -0.4 is 4.90 Å². The van der Waals surface area contributed by atoms with Gasteiger partial charge in [0.1, 0.15) is 5.82 Å². The van der Waals surface area contributed by atoms with Gasteiger partial charge in [-0.05, 0) is 46.5 Å². The molecule has 0 aliphatic carbocycles. The van der Waals surface area contributed by atoms with Gasteiger partial charge in [0, 0.05) is 25.2 Å². The maximum absolute atomic E-state index is 4.57. The maximum Gasteiger partial charge on any atom is 0.142 e. The summed E-state index contributed by atoms with van der Waals surface area (Å²) >= 11 is 3.63.